The van der Waals surface area contributed by atoms with Crippen LogP contribution in [0.3, 0.4) is 0 Å². The van der Waals surface area contributed by atoms with Crippen LogP contribution in [0.4, 0.5) is 0 Å². The standard InChI is InChI=1S/C11H18ClN3O/c1-15-11(10(12)9-14-15)5-3-4-6-13-7-8-16-2/h3,5,9,13H,4,6-8H2,1-2H3/b5-3+. The van der Waals surface area contributed by atoms with Crippen LogP contribution in [0.15, 0.2) is 12.3 Å². The van der Waals surface area contributed by atoms with Crippen molar-refractivity contribution in [1.82, 2.24) is 15.1 Å². The van der Waals surface area contributed by atoms with Gasteiger partial charge in [0.15, 0.2) is 0 Å². The lowest BCUT2D eigenvalue weighted by atomic mass is 10.3. The van der Waals surface area contributed by atoms with Gasteiger partial charge in [-0.05, 0) is 19.0 Å². The predicted octanol–water partition coefficient (Wildman–Crippen LogP) is 1.71. The summed E-state index contributed by atoms with van der Waals surface area (Å²) in [6.45, 7) is 2.57. The molecule has 1 aromatic rings. The average Bonchev–Trinajstić information content (AvgIpc) is 2.59. The molecule has 0 aliphatic heterocycles. The van der Waals surface area contributed by atoms with Gasteiger partial charge in [0.2, 0.25) is 0 Å². The third-order valence-electron chi connectivity index (χ3n) is 2.18. The highest BCUT2D eigenvalue weighted by Gasteiger charge is 2.00. The molecule has 90 valence electrons. The first-order chi connectivity index (χ1) is 7.75. The molecule has 4 nitrogen and oxygen atoms in total. The monoisotopic (exact) mass is 243 g/mol. The zero-order valence-electron chi connectivity index (χ0n) is 9.74. The summed E-state index contributed by atoms with van der Waals surface area (Å²) < 4.78 is 6.69. The highest BCUT2D eigenvalue weighted by molar-refractivity contribution is 6.31. The fourth-order valence-electron chi connectivity index (χ4n) is 1.29. The number of halogens is 1. The van der Waals surface area contributed by atoms with Crippen LogP contribution in [-0.2, 0) is 11.8 Å². The van der Waals surface area contributed by atoms with Gasteiger partial charge in [0.1, 0.15) is 0 Å². The van der Waals surface area contributed by atoms with E-state index < -0.39 is 0 Å². The number of nitrogens with one attached hydrogen (secondary N) is 1. The summed E-state index contributed by atoms with van der Waals surface area (Å²) in [5, 5.41) is 8.01. The molecule has 0 atom stereocenters. The Kier molecular flexibility index (Phi) is 6.15. The third kappa shape index (κ3) is 4.35. The minimum atomic E-state index is 0.686. The molecular formula is C11H18ClN3O. The van der Waals surface area contributed by atoms with Crippen molar-refractivity contribution in [3.05, 3.63) is 23.0 Å². The number of nitrogens with zero attached hydrogens (tertiary/aromatic N) is 2. The van der Waals surface area contributed by atoms with Crippen LogP contribution < -0.4 is 5.32 Å². The van der Waals surface area contributed by atoms with Gasteiger partial charge in [-0.1, -0.05) is 17.7 Å². The van der Waals surface area contributed by atoms with E-state index in [0.717, 1.165) is 31.8 Å². The maximum atomic E-state index is 5.96. The molecule has 0 aliphatic rings. The lowest BCUT2D eigenvalue weighted by Gasteiger charge is -2.00. The van der Waals surface area contributed by atoms with E-state index in [1.54, 1.807) is 18.0 Å². The Morgan fingerprint density at radius 3 is 3.00 bits per heavy atom. The van der Waals surface area contributed by atoms with E-state index in [0.29, 0.717) is 5.02 Å². The van der Waals surface area contributed by atoms with Gasteiger partial charge in [-0.2, -0.15) is 5.10 Å². The topological polar surface area (TPSA) is 39.1 Å². The van der Waals surface area contributed by atoms with Crippen molar-refractivity contribution in [2.24, 2.45) is 7.05 Å². The first kappa shape index (κ1) is 13.2. The Labute approximate surface area is 101 Å². The second-order valence-electron chi connectivity index (χ2n) is 3.44. The molecule has 0 unspecified atom stereocenters. The Hall–Kier alpha value is -0.840. The molecule has 0 radical (unpaired) electrons. The SMILES string of the molecule is COCCNCC/C=C/c1c(Cl)cnn1C. The molecule has 0 aliphatic carbocycles. The van der Waals surface area contributed by atoms with Gasteiger partial charge in [0.25, 0.3) is 0 Å². The van der Waals surface area contributed by atoms with Crippen molar-refractivity contribution in [1.29, 1.82) is 0 Å². The van der Waals surface area contributed by atoms with E-state index in [1.807, 2.05) is 13.1 Å². The molecule has 0 saturated heterocycles. The zero-order chi connectivity index (χ0) is 11.8. The Bertz CT molecular complexity index is 316. The molecule has 1 aromatic heterocycles. The molecule has 0 amide bonds. The molecule has 1 rings (SSSR count). The molecule has 0 saturated carbocycles. The molecule has 0 spiro atoms. The van der Waals surface area contributed by atoms with Crippen molar-refractivity contribution >= 4 is 17.7 Å². The molecule has 0 fully saturated rings. The first-order valence-corrected chi connectivity index (χ1v) is 5.67. The molecule has 1 N–H and O–H groups in total. The van der Waals surface area contributed by atoms with Crippen molar-refractivity contribution in [2.75, 3.05) is 26.8 Å². The van der Waals surface area contributed by atoms with Gasteiger partial charge in [-0.15, -0.1) is 0 Å². The van der Waals surface area contributed by atoms with E-state index in [4.69, 9.17) is 16.3 Å². The van der Waals surface area contributed by atoms with Gasteiger partial charge in [0.05, 0.1) is 23.5 Å². The van der Waals surface area contributed by atoms with Crippen LogP contribution in [0.5, 0.6) is 0 Å². The van der Waals surface area contributed by atoms with Crippen LogP contribution in [0.25, 0.3) is 6.08 Å². The molecule has 0 bridgehead atoms. The number of methoxy groups -OCH3 is 1. The van der Waals surface area contributed by atoms with Gasteiger partial charge < -0.3 is 10.1 Å². The van der Waals surface area contributed by atoms with Crippen LogP contribution >= 0.6 is 11.6 Å². The minimum Gasteiger partial charge on any atom is -0.383 e. The summed E-state index contributed by atoms with van der Waals surface area (Å²) in [6.07, 6.45) is 6.69. The van der Waals surface area contributed by atoms with Crippen LogP contribution in [0.1, 0.15) is 12.1 Å². The quantitative estimate of drug-likeness (QED) is 0.742. The number of hydrogen-bond acceptors (Lipinski definition) is 3. The Balaban J connectivity index is 2.22. The van der Waals surface area contributed by atoms with E-state index in [2.05, 4.69) is 16.5 Å². The van der Waals surface area contributed by atoms with Gasteiger partial charge >= 0.3 is 0 Å². The van der Waals surface area contributed by atoms with E-state index in [9.17, 15) is 0 Å². The van der Waals surface area contributed by atoms with Crippen molar-refractivity contribution < 1.29 is 4.74 Å². The smallest absolute Gasteiger partial charge is 0.0859 e. The molecule has 5 heteroatoms. The maximum absolute atomic E-state index is 5.96. The summed E-state index contributed by atoms with van der Waals surface area (Å²) in [6, 6.07) is 0. The van der Waals surface area contributed by atoms with Crippen LogP contribution in [-0.4, -0.2) is 36.6 Å². The number of aryl methyl sites for hydroxylation is 1. The van der Waals surface area contributed by atoms with E-state index in [-0.39, 0.29) is 0 Å². The van der Waals surface area contributed by atoms with Crippen LogP contribution in [0, 0.1) is 0 Å². The van der Waals surface area contributed by atoms with Gasteiger partial charge in [0, 0.05) is 20.7 Å². The summed E-state index contributed by atoms with van der Waals surface area (Å²) in [4.78, 5) is 0. The van der Waals surface area contributed by atoms with Gasteiger partial charge in [-0.25, -0.2) is 0 Å². The average molecular weight is 244 g/mol. The molecular weight excluding hydrogens is 226 g/mol. The fraction of sp³-hybridized carbons (Fsp3) is 0.545. The van der Waals surface area contributed by atoms with Crippen molar-refractivity contribution in [2.45, 2.75) is 6.42 Å². The summed E-state index contributed by atoms with van der Waals surface area (Å²) >= 11 is 5.96. The van der Waals surface area contributed by atoms with E-state index in [1.165, 1.54) is 0 Å². The first-order valence-electron chi connectivity index (χ1n) is 5.29. The van der Waals surface area contributed by atoms with Crippen LogP contribution in [0.2, 0.25) is 5.02 Å². The summed E-state index contributed by atoms with van der Waals surface area (Å²) in [5.41, 5.74) is 0.943. The van der Waals surface area contributed by atoms with E-state index >= 15 is 0 Å². The molecule has 0 aromatic carbocycles. The highest BCUT2D eigenvalue weighted by Crippen LogP contribution is 2.15. The Morgan fingerprint density at radius 2 is 2.38 bits per heavy atom. The maximum Gasteiger partial charge on any atom is 0.0859 e. The summed E-state index contributed by atoms with van der Waals surface area (Å²) in [7, 11) is 3.58. The van der Waals surface area contributed by atoms with Crippen molar-refractivity contribution in [3.8, 4) is 0 Å². The lowest BCUT2D eigenvalue weighted by molar-refractivity contribution is 0.199. The lowest BCUT2D eigenvalue weighted by Crippen LogP contribution is -2.19. The molecule has 1 heterocycles. The number of rotatable bonds is 7. The summed E-state index contributed by atoms with van der Waals surface area (Å²) in [5.74, 6) is 0. The minimum absolute atomic E-state index is 0.686. The number of aromatic nitrogens is 2. The third-order valence-corrected chi connectivity index (χ3v) is 2.48. The number of hydrogen-bond donors (Lipinski definition) is 1. The zero-order valence-corrected chi connectivity index (χ0v) is 10.5. The fourth-order valence-corrected chi connectivity index (χ4v) is 1.52. The normalized spacial score (nSPS) is 11.4. The second kappa shape index (κ2) is 7.44. The Morgan fingerprint density at radius 1 is 1.56 bits per heavy atom. The predicted molar refractivity (Wildman–Crippen MR) is 66.6 cm³/mol. The number of ether oxygens (including phenoxy) is 1. The van der Waals surface area contributed by atoms with Gasteiger partial charge in [-0.3, -0.25) is 4.68 Å². The molecule has 16 heavy (non-hydrogen) atoms. The highest BCUT2D eigenvalue weighted by atomic mass is 35.5. The van der Waals surface area contributed by atoms with Crippen molar-refractivity contribution in [3.63, 3.8) is 0 Å². The largest absolute Gasteiger partial charge is 0.383 e. The second-order valence-corrected chi connectivity index (χ2v) is 3.84.